The number of hydrogen-bond donors (Lipinski definition) is 2. The predicted octanol–water partition coefficient (Wildman–Crippen LogP) is 4.06. The van der Waals surface area contributed by atoms with E-state index < -0.39 is 11.9 Å². The Morgan fingerprint density at radius 1 is 0.885 bits per heavy atom. The van der Waals surface area contributed by atoms with Crippen molar-refractivity contribution in [2.75, 3.05) is 0 Å². The summed E-state index contributed by atoms with van der Waals surface area (Å²) in [6.07, 6.45) is 2.75. The first-order valence-corrected chi connectivity index (χ1v) is 7.98. The van der Waals surface area contributed by atoms with Crippen molar-refractivity contribution in [1.29, 1.82) is 0 Å². The van der Waals surface area contributed by atoms with Crippen molar-refractivity contribution in [1.82, 2.24) is 4.98 Å². The molecule has 5 nitrogen and oxygen atoms in total. The second kappa shape index (κ2) is 9.13. The maximum absolute atomic E-state index is 10.6. The summed E-state index contributed by atoms with van der Waals surface area (Å²) in [4.78, 5) is 25.4. The van der Waals surface area contributed by atoms with E-state index in [-0.39, 0.29) is 11.1 Å². The molecular weight excluding hydrogens is 330 g/mol. The average Bonchev–Trinajstić information content (AvgIpc) is 2.64. The van der Waals surface area contributed by atoms with E-state index in [1.165, 1.54) is 17.7 Å². The third kappa shape index (κ3) is 5.56. The summed E-state index contributed by atoms with van der Waals surface area (Å²) in [6, 6.07) is 20.4. The molecule has 0 radical (unpaired) electrons. The van der Waals surface area contributed by atoms with Crippen LogP contribution in [0.2, 0.25) is 0 Å². The van der Waals surface area contributed by atoms with Crippen LogP contribution in [0.5, 0.6) is 0 Å². The Morgan fingerprint density at radius 2 is 1.58 bits per heavy atom. The van der Waals surface area contributed by atoms with Gasteiger partial charge < -0.3 is 10.2 Å². The number of hydrogen-bond acceptors (Lipinski definition) is 3. The molecule has 0 aliphatic rings. The first kappa shape index (κ1) is 18.9. The highest BCUT2D eigenvalue weighted by Crippen LogP contribution is 2.11. The van der Waals surface area contributed by atoms with Crippen LogP contribution in [0.25, 0.3) is 0 Å². The summed E-state index contributed by atoms with van der Waals surface area (Å²) in [5.74, 6) is -2.23. The third-order valence-electron chi connectivity index (χ3n) is 3.67. The number of pyridine rings is 1. The van der Waals surface area contributed by atoms with E-state index in [1.54, 1.807) is 6.92 Å². The molecule has 0 atom stereocenters. The lowest BCUT2D eigenvalue weighted by Crippen LogP contribution is -2.03. The molecule has 2 aromatic carbocycles. The van der Waals surface area contributed by atoms with E-state index in [0.29, 0.717) is 5.56 Å². The summed E-state index contributed by atoms with van der Waals surface area (Å²) in [5.41, 5.74) is 3.00. The van der Waals surface area contributed by atoms with Crippen LogP contribution in [0.15, 0.2) is 72.9 Å². The van der Waals surface area contributed by atoms with E-state index in [1.807, 2.05) is 30.5 Å². The van der Waals surface area contributed by atoms with Crippen molar-refractivity contribution >= 4 is 11.9 Å². The maximum Gasteiger partial charge on any atom is 0.335 e. The normalized spacial score (nSPS) is 9.73. The molecule has 0 amide bonds. The number of aromatic carboxylic acids is 2. The largest absolute Gasteiger partial charge is 0.478 e. The molecule has 0 saturated heterocycles. The van der Waals surface area contributed by atoms with Gasteiger partial charge in [-0.05, 0) is 42.3 Å². The number of aryl methyl sites for hydroxylation is 1. The molecule has 1 aromatic heterocycles. The van der Waals surface area contributed by atoms with Crippen LogP contribution in [-0.4, -0.2) is 27.1 Å². The summed E-state index contributed by atoms with van der Waals surface area (Å²) < 4.78 is 0. The summed E-state index contributed by atoms with van der Waals surface area (Å²) >= 11 is 0. The minimum atomic E-state index is -1.12. The van der Waals surface area contributed by atoms with Crippen LogP contribution in [0, 0.1) is 6.92 Å². The molecule has 3 aromatic rings. The van der Waals surface area contributed by atoms with Crippen molar-refractivity contribution < 1.29 is 19.8 Å². The first-order valence-electron chi connectivity index (χ1n) is 7.98. The van der Waals surface area contributed by atoms with Crippen LogP contribution in [0.3, 0.4) is 0 Å². The number of carbonyl (C=O) groups is 2. The Kier molecular flexibility index (Phi) is 6.62. The Bertz CT molecular complexity index is 840. The zero-order valence-electron chi connectivity index (χ0n) is 14.3. The number of carboxylic acids is 2. The summed E-state index contributed by atoms with van der Waals surface area (Å²) in [7, 11) is 0. The van der Waals surface area contributed by atoms with Crippen molar-refractivity contribution in [2.24, 2.45) is 0 Å². The van der Waals surface area contributed by atoms with Gasteiger partial charge in [0.2, 0.25) is 0 Å². The Hall–Kier alpha value is -3.47. The highest BCUT2D eigenvalue weighted by molar-refractivity contribution is 5.94. The molecule has 0 fully saturated rings. The molecule has 2 N–H and O–H groups in total. The van der Waals surface area contributed by atoms with Crippen molar-refractivity contribution in [3.8, 4) is 0 Å². The predicted molar refractivity (Wildman–Crippen MR) is 98.6 cm³/mol. The quantitative estimate of drug-likeness (QED) is 0.741. The number of aromatic nitrogens is 1. The van der Waals surface area contributed by atoms with E-state index in [0.717, 1.165) is 18.2 Å². The lowest BCUT2D eigenvalue weighted by atomic mass is 10.1. The van der Waals surface area contributed by atoms with Gasteiger partial charge in [0.1, 0.15) is 0 Å². The molecule has 0 unspecified atom stereocenters. The van der Waals surface area contributed by atoms with Gasteiger partial charge in [-0.3, -0.25) is 4.98 Å². The Balaban J connectivity index is 0.000000187. The molecule has 0 spiro atoms. The van der Waals surface area contributed by atoms with Crippen LogP contribution in [0.4, 0.5) is 0 Å². The lowest BCUT2D eigenvalue weighted by molar-refractivity contribution is 0.0695. The topological polar surface area (TPSA) is 87.5 Å². The van der Waals surface area contributed by atoms with Crippen molar-refractivity contribution in [3.05, 3.63) is 101 Å². The average molecular weight is 349 g/mol. The molecular formula is C21H19NO4. The van der Waals surface area contributed by atoms with Gasteiger partial charge in [-0.25, -0.2) is 9.59 Å². The fourth-order valence-corrected chi connectivity index (χ4v) is 2.29. The van der Waals surface area contributed by atoms with Gasteiger partial charge in [0.25, 0.3) is 0 Å². The molecule has 0 aliphatic carbocycles. The summed E-state index contributed by atoms with van der Waals surface area (Å²) in [5, 5.41) is 17.3. The first-order chi connectivity index (χ1) is 12.5. The molecule has 26 heavy (non-hydrogen) atoms. The van der Waals surface area contributed by atoms with Gasteiger partial charge in [-0.15, -0.1) is 0 Å². The fourth-order valence-electron chi connectivity index (χ4n) is 2.29. The van der Waals surface area contributed by atoms with Crippen molar-refractivity contribution in [2.45, 2.75) is 13.3 Å². The van der Waals surface area contributed by atoms with Gasteiger partial charge in [-0.1, -0.05) is 42.5 Å². The monoisotopic (exact) mass is 349 g/mol. The second-order valence-electron chi connectivity index (χ2n) is 5.62. The Labute approximate surface area is 151 Å². The highest BCUT2D eigenvalue weighted by atomic mass is 16.4. The van der Waals surface area contributed by atoms with Crippen LogP contribution >= 0.6 is 0 Å². The number of rotatable bonds is 4. The van der Waals surface area contributed by atoms with Crippen LogP contribution in [-0.2, 0) is 6.42 Å². The molecule has 0 bridgehead atoms. The van der Waals surface area contributed by atoms with Crippen LogP contribution < -0.4 is 0 Å². The number of benzene rings is 2. The van der Waals surface area contributed by atoms with Gasteiger partial charge >= 0.3 is 11.9 Å². The van der Waals surface area contributed by atoms with E-state index in [2.05, 4.69) is 29.2 Å². The van der Waals surface area contributed by atoms with Crippen molar-refractivity contribution in [3.63, 3.8) is 0 Å². The minimum absolute atomic E-state index is 0.0111. The SMILES string of the molecule is Cc1ccc(C(=O)O)cc1C(=O)O.c1ccc(Cc2ccccn2)cc1. The highest BCUT2D eigenvalue weighted by Gasteiger charge is 2.10. The molecule has 5 heteroatoms. The summed E-state index contributed by atoms with van der Waals surface area (Å²) in [6.45, 7) is 1.62. The lowest BCUT2D eigenvalue weighted by Gasteiger charge is -2.01. The minimum Gasteiger partial charge on any atom is -0.478 e. The van der Waals surface area contributed by atoms with Gasteiger partial charge in [0.15, 0.2) is 0 Å². The Morgan fingerprint density at radius 3 is 2.15 bits per heavy atom. The van der Waals surface area contributed by atoms with Gasteiger partial charge in [0.05, 0.1) is 11.1 Å². The van der Waals surface area contributed by atoms with E-state index >= 15 is 0 Å². The molecule has 0 aliphatic heterocycles. The zero-order valence-corrected chi connectivity index (χ0v) is 14.3. The fraction of sp³-hybridized carbons (Fsp3) is 0.0952. The molecule has 1 heterocycles. The maximum atomic E-state index is 10.6. The molecule has 3 rings (SSSR count). The molecule has 0 saturated carbocycles. The smallest absolute Gasteiger partial charge is 0.335 e. The van der Waals surface area contributed by atoms with Crippen LogP contribution in [0.1, 0.15) is 37.5 Å². The van der Waals surface area contributed by atoms with E-state index in [9.17, 15) is 9.59 Å². The zero-order chi connectivity index (χ0) is 18.9. The standard InChI is InChI=1S/C12H11N.C9H8O4/c1-2-6-11(7-3-1)10-12-8-4-5-9-13-12;1-5-2-3-6(8(10)11)4-7(5)9(12)13/h1-9H,10H2;2-4H,1H3,(H,10,11)(H,12,13). The van der Waals surface area contributed by atoms with Gasteiger partial charge in [-0.2, -0.15) is 0 Å². The molecule has 132 valence electrons. The second-order valence-corrected chi connectivity index (χ2v) is 5.62. The third-order valence-corrected chi connectivity index (χ3v) is 3.67. The van der Waals surface area contributed by atoms with Gasteiger partial charge in [0, 0.05) is 18.3 Å². The van der Waals surface area contributed by atoms with E-state index in [4.69, 9.17) is 10.2 Å². The number of carboxylic acid groups (broad SMARTS) is 2. The number of nitrogens with zero attached hydrogens (tertiary/aromatic N) is 1.